The Morgan fingerprint density at radius 1 is 0.920 bits per heavy atom. The van der Waals surface area contributed by atoms with Gasteiger partial charge in [-0.1, -0.05) is 30.3 Å². The zero-order valence-corrected chi connectivity index (χ0v) is 14.5. The molecule has 1 atom stereocenters. The number of rotatable bonds is 7. The molecule has 1 unspecified atom stereocenters. The van der Waals surface area contributed by atoms with Gasteiger partial charge < -0.3 is 21.3 Å². The summed E-state index contributed by atoms with van der Waals surface area (Å²) in [5.74, 6) is 0.00582. The molecule has 0 spiro atoms. The zero-order chi connectivity index (χ0) is 18.1. The summed E-state index contributed by atoms with van der Waals surface area (Å²) in [6, 6.07) is 16.3. The maximum absolute atomic E-state index is 12.0. The fourth-order valence-electron chi connectivity index (χ4n) is 2.31. The number of anilines is 2. The molecule has 6 heteroatoms. The fourth-order valence-corrected chi connectivity index (χ4v) is 2.31. The number of urea groups is 1. The van der Waals surface area contributed by atoms with Gasteiger partial charge in [-0.2, -0.15) is 0 Å². The second-order valence-corrected chi connectivity index (χ2v) is 5.71. The molecule has 0 saturated heterocycles. The molecule has 2 aromatic rings. The number of para-hydroxylation sites is 1. The summed E-state index contributed by atoms with van der Waals surface area (Å²) in [5, 5.41) is 11.4. The highest BCUT2D eigenvalue weighted by Gasteiger charge is 2.09. The molecule has 0 radical (unpaired) electrons. The molecule has 0 bridgehead atoms. The molecule has 6 nitrogen and oxygen atoms in total. The SMILES string of the molecule is CNCCC(=O)NC(C)c1ccc(NC(=O)Nc2ccccc2)cc1. The van der Waals surface area contributed by atoms with Gasteiger partial charge in [-0.3, -0.25) is 4.79 Å². The van der Waals surface area contributed by atoms with Gasteiger partial charge in [-0.25, -0.2) is 4.79 Å². The van der Waals surface area contributed by atoms with Crippen LogP contribution in [-0.2, 0) is 4.79 Å². The van der Waals surface area contributed by atoms with Crippen molar-refractivity contribution in [2.75, 3.05) is 24.2 Å². The lowest BCUT2D eigenvalue weighted by molar-refractivity contribution is -0.121. The molecule has 25 heavy (non-hydrogen) atoms. The maximum Gasteiger partial charge on any atom is 0.323 e. The van der Waals surface area contributed by atoms with E-state index in [9.17, 15) is 9.59 Å². The summed E-state index contributed by atoms with van der Waals surface area (Å²) >= 11 is 0. The minimum Gasteiger partial charge on any atom is -0.350 e. The Balaban J connectivity index is 1.86. The second-order valence-electron chi connectivity index (χ2n) is 5.71. The van der Waals surface area contributed by atoms with Gasteiger partial charge in [-0.15, -0.1) is 0 Å². The van der Waals surface area contributed by atoms with Gasteiger partial charge in [0.05, 0.1) is 6.04 Å². The van der Waals surface area contributed by atoms with Crippen LogP contribution in [0.4, 0.5) is 16.2 Å². The molecule has 0 saturated carbocycles. The lowest BCUT2D eigenvalue weighted by Crippen LogP contribution is -2.29. The van der Waals surface area contributed by atoms with Crippen molar-refractivity contribution < 1.29 is 9.59 Å². The van der Waals surface area contributed by atoms with E-state index in [1.807, 2.05) is 68.6 Å². The standard InChI is InChI=1S/C19H24N4O2/c1-14(21-18(24)12-13-20-2)15-8-10-17(11-9-15)23-19(25)22-16-6-4-3-5-7-16/h3-11,14,20H,12-13H2,1-2H3,(H,21,24)(H2,22,23,25). The Kier molecular flexibility index (Phi) is 6.98. The number of hydrogen-bond acceptors (Lipinski definition) is 3. The molecule has 4 N–H and O–H groups in total. The molecule has 0 fully saturated rings. The molecule has 0 heterocycles. The highest BCUT2D eigenvalue weighted by atomic mass is 16.2. The van der Waals surface area contributed by atoms with Crippen molar-refractivity contribution in [3.05, 3.63) is 60.2 Å². The van der Waals surface area contributed by atoms with Gasteiger partial charge in [-0.05, 0) is 43.8 Å². The van der Waals surface area contributed by atoms with E-state index in [1.54, 1.807) is 0 Å². The zero-order valence-electron chi connectivity index (χ0n) is 14.5. The first-order valence-corrected chi connectivity index (χ1v) is 8.25. The van der Waals surface area contributed by atoms with Crippen LogP contribution in [0.3, 0.4) is 0 Å². The molecule has 2 aromatic carbocycles. The van der Waals surface area contributed by atoms with Crippen LogP contribution in [0.2, 0.25) is 0 Å². The van der Waals surface area contributed by atoms with Crippen LogP contribution in [0.15, 0.2) is 54.6 Å². The second kappa shape index (κ2) is 9.44. The first-order valence-electron chi connectivity index (χ1n) is 8.25. The largest absolute Gasteiger partial charge is 0.350 e. The predicted octanol–water partition coefficient (Wildman–Crippen LogP) is 3.12. The molecule has 2 rings (SSSR count). The van der Waals surface area contributed by atoms with E-state index < -0.39 is 0 Å². The number of carbonyl (C=O) groups is 2. The fraction of sp³-hybridized carbons (Fsp3) is 0.263. The van der Waals surface area contributed by atoms with Crippen molar-refractivity contribution in [2.45, 2.75) is 19.4 Å². The molecular weight excluding hydrogens is 316 g/mol. The van der Waals surface area contributed by atoms with Crippen LogP contribution < -0.4 is 21.3 Å². The lowest BCUT2D eigenvalue weighted by atomic mass is 10.1. The van der Waals surface area contributed by atoms with Gasteiger partial charge in [0.25, 0.3) is 0 Å². The number of carbonyl (C=O) groups excluding carboxylic acids is 2. The van der Waals surface area contributed by atoms with Crippen molar-refractivity contribution >= 4 is 23.3 Å². The van der Waals surface area contributed by atoms with Crippen LogP contribution in [0.5, 0.6) is 0 Å². The van der Waals surface area contributed by atoms with Crippen molar-refractivity contribution in [1.82, 2.24) is 10.6 Å². The first-order chi connectivity index (χ1) is 12.1. The Bertz CT molecular complexity index is 686. The van der Waals surface area contributed by atoms with E-state index in [-0.39, 0.29) is 18.0 Å². The number of amides is 3. The highest BCUT2D eigenvalue weighted by Crippen LogP contribution is 2.16. The summed E-state index contributed by atoms with van der Waals surface area (Å²) in [4.78, 5) is 23.7. The lowest BCUT2D eigenvalue weighted by Gasteiger charge is -2.15. The van der Waals surface area contributed by atoms with E-state index in [1.165, 1.54) is 0 Å². The normalized spacial score (nSPS) is 11.4. The molecule has 0 aliphatic carbocycles. The smallest absolute Gasteiger partial charge is 0.323 e. The van der Waals surface area contributed by atoms with Crippen molar-refractivity contribution in [2.24, 2.45) is 0 Å². The number of hydrogen-bond donors (Lipinski definition) is 4. The quantitative estimate of drug-likeness (QED) is 0.625. The van der Waals surface area contributed by atoms with Crippen molar-refractivity contribution in [3.63, 3.8) is 0 Å². The van der Waals surface area contributed by atoms with E-state index in [0.29, 0.717) is 18.7 Å². The van der Waals surface area contributed by atoms with Gasteiger partial charge >= 0.3 is 6.03 Å². The van der Waals surface area contributed by atoms with Crippen molar-refractivity contribution in [1.29, 1.82) is 0 Å². The van der Waals surface area contributed by atoms with Gasteiger partial charge in [0, 0.05) is 24.3 Å². The Morgan fingerprint density at radius 2 is 1.52 bits per heavy atom. The van der Waals surface area contributed by atoms with Crippen LogP contribution in [-0.4, -0.2) is 25.5 Å². The molecule has 0 aliphatic heterocycles. The number of benzene rings is 2. The van der Waals surface area contributed by atoms with E-state index >= 15 is 0 Å². The van der Waals surface area contributed by atoms with Gasteiger partial charge in [0.1, 0.15) is 0 Å². The van der Waals surface area contributed by atoms with Crippen LogP contribution in [0.25, 0.3) is 0 Å². The van der Waals surface area contributed by atoms with Gasteiger partial charge in [0.15, 0.2) is 0 Å². The molecular formula is C19H24N4O2. The number of nitrogens with one attached hydrogen (secondary N) is 4. The Hall–Kier alpha value is -2.86. The van der Waals surface area contributed by atoms with E-state index in [4.69, 9.17) is 0 Å². The third-order valence-corrected chi connectivity index (χ3v) is 3.68. The van der Waals surface area contributed by atoms with Crippen LogP contribution >= 0.6 is 0 Å². The highest BCUT2D eigenvalue weighted by molar-refractivity contribution is 5.99. The molecule has 0 aromatic heterocycles. The average Bonchev–Trinajstić information content (AvgIpc) is 2.61. The third kappa shape index (κ3) is 6.27. The minimum absolute atomic E-state index is 0.00582. The topological polar surface area (TPSA) is 82.3 Å². The first kappa shape index (κ1) is 18.5. The van der Waals surface area contributed by atoms with E-state index in [2.05, 4.69) is 21.3 Å². The Labute approximate surface area is 148 Å². The predicted molar refractivity (Wildman–Crippen MR) is 101 cm³/mol. The summed E-state index contributed by atoms with van der Waals surface area (Å²) in [6.07, 6.45) is 0.445. The molecule has 0 aliphatic rings. The van der Waals surface area contributed by atoms with E-state index in [0.717, 1.165) is 11.3 Å². The third-order valence-electron chi connectivity index (χ3n) is 3.68. The summed E-state index contributed by atoms with van der Waals surface area (Å²) in [5.41, 5.74) is 2.40. The molecule has 132 valence electrons. The Morgan fingerprint density at radius 3 is 2.12 bits per heavy atom. The maximum atomic E-state index is 12.0. The molecule has 3 amide bonds. The average molecular weight is 340 g/mol. The van der Waals surface area contributed by atoms with Crippen molar-refractivity contribution in [3.8, 4) is 0 Å². The summed E-state index contributed by atoms with van der Waals surface area (Å²) in [6.45, 7) is 2.58. The monoisotopic (exact) mass is 340 g/mol. The summed E-state index contributed by atoms with van der Waals surface area (Å²) in [7, 11) is 1.82. The van der Waals surface area contributed by atoms with Crippen LogP contribution in [0, 0.1) is 0 Å². The minimum atomic E-state index is -0.299. The van der Waals surface area contributed by atoms with Gasteiger partial charge in [0.2, 0.25) is 5.91 Å². The summed E-state index contributed by atoms with van der Waals surface area (Å²) < 4.78 is 0. The van der Waals surface area contributed by atoms with Crippen LogP contribution in [0.1, 0.15) is 24.9 Å².